The van der Waals surface area contributed by atoms with Gasteiger partial charge in [-0.3, -0.25) is 4.68 Å². The molecule has 0 spiro atoms. The van der Waals surface area contributed by atoms with Gasteiger partial charge in [0.25, 0.3) is 0 Å². The molecule has 2 fully saturated rings. The van der Waals surface area contributed by atoms with Gasteiger partial charge in [-0.2, -0.15) is 5.10 Å². The minimum atomic E-state index is 0.359. The van der Waals surface area contributed by atoms with Crippen molar-refractivity contribution in [3.05, 3.63) is 12.4 Å². The van der Waals surface area contributed by atoms with Crippen molar-refractivity contribution in [1.29, 1.82) is 0 Å². The Morgan fingerprint density at radius 3 is 3.00 bits per heavy atom. The minimum absolute atomic E-state index is 0.359. The molecular weight excluding hydrogens is 250 g/mol. The number of hydrogen-bond donors (Lipinski definition) is 1. The van der Waals surface area contributed by atoms with Crippen LogP contribution in [0.3, 0.4) is 0 Å². The van der Waals surface area contributed by atoms with Gasteiger partial charge in [-0.05, 0) is 43.9 Å². The zero-order valence-electron chi connectivity index (χ0n) is 12.7. The molecule has 0 amide bonds. The van der Waals surface area contributed by atoms with Crippen LogP contribution >= 0.6 is 0 Å². The van der Waals surface area contributed by atoms with E-state index in [0.717, 1.165) is 30.7 Å². The molecule has 1 aromatic rings. The van der Waals surface area contributed by atoms with Gasteiger partial charge in [0.15, 0.2) is 0 Å². The van der Waals surface area contributed by atoms with Gasteiger partial charge in [0.2, 0.25) is 0 Å². The zero-order valence-corrected chi connectivity index (χ0v) is 12.7. The van der Waals surface area contributed by atoms with E-state index in [9.17, 15) is 0 Å². The normalized spacial score (nSPS) is 34.3. The average molecular weight is 277 g/mol. The Morgan fingerprint density at radius 1 is 1.35 bits per heavy atom. The summed E-state index contributed by atoms with van der Waals surface area (Å²) >= 11 is 0. The molecule has 2 aliphatic rings. The summed E-state index contributed by atoms with van der Waals surface area (Å²) in [4.78, 5) is 0. The molecule has 1 aliphatic heterocycles. The predicted molar refractivity (Wildman–Crippen MR) is 80.8 cm³/mol. The fraction of sp³-hybridized carbons (Fsp3) is 0.812. The lowest BCUT2D eigenvalue weighted by atomic mass is 9.80. The van der Waals surface area contributed by atoms with E-state index in [4.69, 9.17) is 4.74 Å². The third-order valence-corrected chi connectivity index (χ3v) is 4.83. The summed E-state index contributed by atoms with van der Waals surface area (Å²) in [6, 6.07) is 0.603. The molecule has 4 heteroatoms. The Bertz CT molecular complexity index is 425. The van der Waals surface area contributed by atoms with Crippen LogP contribution in [0.5, 0.6) is 0 Å². The lowest BCUT2D eigenvalue weighted by molar-refractivity contribution is 0.0940. The first-order valence-corrected chi connectivity index (χ1v) is 8.11. The van der Waals surface area contributed by atoms with E-state index in [2.05, 4.69) is 30.5 Å². The summed E-state index contributed by atoms with van der Waals surface area (Å²) in [7, 11) is 0. The topological polar surface area (TPSA) is 39.1 Å². The van der Waals surface area contributed by atoms with Gasteiger partial charge in [0.05, 0.1) is 24.5 Å². The van der Waals surface area contributed by atoms with Crippen molar-refractivity contribution in [2.45, 2.75) is 64.6 Å². The van der Waals surface area contributed by atoms with Gasteiger partial charge in [0.1, 0.15) is 0 Å². The summed E-state index contributed by atoms with van der Waals surface area (Å²) in [5.41, 5.74) is 1.16. The van der Waals surface area contributed by atoms with Gasteiger partial charge >= 0.3 is 0 Å². The molecule has 0 aromatic carbocycles. The molecule has 0 bridgehead atoms. The van der Waals surface area contributed by atoms with Crippen LogP contribution in [0.25, 0.3) is 0 Å². The van der Waals surface area contributed by atoms with E-state index < -0.39 is 0 Å². The fourth-order valence-corrected chi connectivity index (χ4v) is 3.63. The van der Waals surface area contributed by atoms with Crippen molar-refractivity contribution >= 4 is 5.69 Å². The lowest BCUT2D eigenvalue weighted by Gasteiger charge is -2.33. The summed E-state index contributed by atoms with van der Waals surface area (Å²) in [6.07, 6.45) is 10.8. The average Bonchev–Trinajstić information content (AvgIpc) is 3.06. The zero-order chi connectivity index (χ0) is 13.9. The van der Waals surface area contributed by atoms with E-state index >= 15 is 0 Å². The van der Waals surface area contributed by atoms with Crippen molar-refractivity contribution < 1.29 is 4.74 Å². The van der Waals surface area contributed by atoms with E-state index in [1.165, 1.54) is 32.1 Å². The van der Waals surface area contributed by atoms with Crippen molar-refractivity contribution in [1.82, 2.24) is 9.78 Å². The van der Waals surface area contributed by atoms with Crippen LogP contribution in [-0.4, -0.2) is 28.5 Å². The Hall–Kier alpha value is -1.03. The Kier molecular flexibility index (Phi) is 4.29. The number of anilines is 1. The SMILES string of the molecule is CC1CCC(Nc2cnn(CC3CCCO3)c2)C(C)C1. The molecule has 1 aromatic heterocycles. The van der Waals surface area contributed by atoms with Gasteiger partial charge in [-0.15, -0.1) is 0 Å². The third-order valence-electron chi connectivity index (χ3n) is 4.83. The number of nitrogens with one attached hydrogen (secondary N) is 1. The largest absolute Gasteiger partial charge is 0.380 e. The smallest absolute Gasteiger partial charge is 0.0771 e. The van der Waals surface area contributed by atoms with Crippen LogP contribution < -0.4 is 5.32 Å². The number of hydrogen-bond acceptors (Lipinski definition) is 3. The number of nitrogens with zero attached hydrogens (tertiary/aromatic N) is 2. The highest BCUT2D eigenvalue weighted by Crippen LogP contribution is 2.30. The van der Waals surface area contributed by atoms with Crippen LogP contribution in [0.1, 0.15) is 46.0 Å². The first kappa shape index (κ1) is 13.9. The van der Waals surface area contributed by atoms with Crippen molar-refractivity contribution in [2.24, 2.45) is 11.8 Å². The molecular formula is C16H27N3O. The summed E-state index contributed by atoms with van der Waals surface area (Å²) in [6.45, 7) is 6.53. The first-order chi connectivity index (χ1) is 9.70. The molecule has 3 rings (SSSR count). The van der Waals surface area contributed by atoms with Gasteiger partial charge in [-0.1, -0.05) is 13.8 Å². The molecule has 112 valence electrons. The van der Waals surface area contributed by atoms with Gasteiger partial charge in [0, 0.05) is 18.8 Å². The van der Waals surface area contributed by atoms with Crippen molar-refractivity contribution in [3.63, 3.8) is 0 Å². The maximum absolute atomic E-state index is 5.66. The molecule has 1 saturated heterocycles. The molecule has 4 atom stereocenters. The van der Waals surface area contributed by atoms with Crippen LogP contribution in [0.15, 0.2) is 12.4 Å². The second-order valence-electron chi connectivity index (χ2n) is 6.73. The summed E-state index contributed by atoms with van der Waals surface area (Å²) in [5, 5.41) is 8.13. The van der Waals surface area contributed by atoms with Crippen LogP contribution in [-0.2, 0) is 11.3 Å². The first-order valence-electron chi connectivity index (χ1n) is 8.11. The quantitative estimate of drug-likeness (QED) is 0.918. The van der Waals surface area contributed by atoms with E-state index in [0.29, 0.717) is 12.1 Å². The molecule has 20 heavy (non-hydrogen) atoms. The molecule has 2 heterocycles. The Labute approximate surface area is 121 Å². The second-order valence-corrected chi connectivity index (χ2v) is 6.73. The molecule has 1 N–H and O–H groups in total. The monoisotopic (exact) mass is 277 g/mol. The Balaban J connectivity index is 1.54. The molecule has 1 aliphatic carbocycles. The van der Waals surface area contributed by atoms with Crippen LogP contribution in [0.4, 0.5) is 5.69 Å². The highest BCUT2D eigenvalue weighted by atomic mass is 16.5. The fourth-order valence-electron chi connectivity index (χ4n) is 3.63. The molecule has 4 nitrogen and oxygen atoms in total. The summed E-state index contributed by atoms with van der Waals surface area (Å²) < 4.78 is 7.69. The second kappa shape index (κ2) is 6.17. The van der Waals surface area contributed by atoms with Crippen LogP contribution in [0, 0.1) is 11.8 Å². The maximum atomic E-state index is 5.66. The van der Waals surface area contributed by atoms with Crippen molar-refractivity contribution in [3.8, 4) is 0 Å². The Morgan fingerprint density at radius 2 is 2.25 bits per heavy atom. The van der Waals surface area contributed by atoms with E-state index in [1.807, 2.05) is 10.9 Å². The molecule has 4 unspecified atom stereocenters. The highest BCUT2D eigenvalue weighted by molar-refractivity contribution is 5.39. The number of aromatic nitrogens is 2. The standard InChI is InChI=1S/C16H27N3O/c1-12-5-6-16(13(2)8-12)18-14-9-17-19(10-14)11-15-4-3-7-20-15/h9-10,12-13,15-16,18H,3-8,11H2,1-2H3. The molecule has 0 radical (unpaired) electrons. The number of rotatable bonds is 4. The molecule has 1 saturated carbocycles. The predicted octanol–water partition coefficient (Wildman–Crippen LogP) is 3.30. The lowest BCUT2D eigenvalue weighted by Crippen LogP contribution is -2.32. The van der Waals surface area contributed by atoms with Crippen molar-refractivity contribution in [2.75, 3.05) is 11.9 Å². The van der Waals surface area contributed by atoms with E-state index in [1.54, 1.807) is 0 Å². The van der Waals surface area contributed by atoms with Crippen LogP contribution in [0.2, 0.25) is 0 Å². The van der Waals surface area contributed by atoms with Gasteiger partial charge in [-0.25, -0.2) is 0 Å². The van der Waals surface area contributed by atoms with E-state index in [-0.39, 0.29) is 0 Å². The minimum Gasteiger partial charge on any atom is -0.380 e. The number of ether oxygens (including phenoxy) is 1. The highest BCUT2D eigenvalue weighted by Gasteiger charge is 2.25. The summed E-state index contributed by atoms with van der Waals surface area (Å²) in [5.74, 6) is 1.63. The third kappa shape index (κ3) is 3.35. The maximum Gasteiger partial charge on any atom is 0.0771 e. The van der Waals surface area contributed by atoms with Gasteiger partial charge < -0.3 is 10.1 Å².